The number of benzene rings is 1. The summed E-state index contributed by atoms with van der Waals surface area (Å²) >= 11 is 0. The number of aromatic nitrogens is 1. The molecule has 23 heavy (non-hydrogen) atoms. The Kier molecular flexibility index (Phi) is 4.65. The van der Waals surface area contributed by atoms with E-state index in [1.165, 1.54) is 0 Å². The highest BCUT2D eigenvalue weighted by atomic mass is 16.2. The number of nitrogens with one attached hydrogen (secondary N) is 2. The number of amides is 2. The molecule has 0 unspecified atom stereocenters. The van der Waals surface area contributed by atoms with Gasteiger partial charge in [0.25, 0.3) is 0 Å². The van der Waals surface area contributed by atoms with Crippen LogP contribution in [0.25, 0.3) is 10.9 Å². The molecule has 5 nitrogen and oxygen atoms in total. The Labute approximate surface area is 136 Å². The second kappa shape index (κ2) is 6.86. The quantitative estimate of drug-likeness (QED) is 0.805. The molecular weight excluding hydrogens is 290 g/mol. The summed E-state index contributed by atoms with van der Waals surface area (Å²) in [6.07, 6.45) is 5.01. The minimum absolute atomic E-state index is 0.0239. The van der Waals surface area contributed by atoms with E-state index in [9.17, 15) is 9.59 Å². The first kappa shape index (κ1) is 15.6. The molecule has 0 spiro atoms. The van der Waals surface area contributed by atoms with E-state index >= 15 is 0 Å². The molecule has 2 heterocycles. The van der Waals surface area contributed by atoms with Crippen molar-refractivity contribution in [2.45, 2.75) is 45.2 Å². The van der Waals surface area contributed by atoms with Gasteiger partial charge in [-0.1, -0.05) is 31.5 Å². The third kappa shape index (κ3) is 3.23. The highest BCUT2D eigenvalue weighted by Gasteiger charge is 2.36. The summed E-state index contributed by atoms with van der Waals surface area (Å²) in [5.74, 6) is 0.0371. The zero-order chi connectivity index (χ0) is 16.2. The van der Waals surface area contributed by atoms with Crippen LogP contribution in [0.4, 0.5) is 0 Å². The van der Waals surface area contributed by atoms with Gasteiger partial charge in [-0.25, -0.2) is 0 Å². The molecule has 0 bridgehead atoms. The largest absolute Gasteiger partial charge is 0.361 e. The first-order valence-corrected chi connectivity index (χ1v) is 8.33. The summed E-state index contributed by atoms with van der Waals surface area (Å²) < 4.78 is 0. The molecule has 1 saturated heterocycles. The van der Waals surface area contributed by atoms with Crippen LogP contribution < -0.4 is 5.32 Å². The summed E-state index contributed by atoms with van der Waals surface area (Å²) in [7, 11) is 0. The molecule has 2 aromatic rings. The summed E-state index contributed by atoms with van der Waals surface area (Å²) in [4.78, 5) is 29.5. The van der Waals surface area contributed by atoms with Crippen molar-refractivity contribution in [3.8, 4) is 0 Å². The number of hydrogen-bond donors (Lipinski definition) is 2. The fourth-order valence-electron chi connectivity index (χ4n) is 3.16. The second-order valence-corrected chi connectivity index (χ2v) is 6.08. The van der Waals surface area contributed by atoms with E-state index in [0.29, 0.717) is 25.9 Å². The van der Waals surface area contributed by atoms with Gasteiger partial charge in [0.15, 0.2) is 0 Å². The van der Waals surface area contributed by atoms with Crippen LogP contribution in [0.1, 0.15) is 38.2 Å². The van der Waals surface area contributed by atoms with Crippen molar-refractivity contribution in [2.24, 2.45) is 0 Å². The Morgan fingerprint density at radius 1 is 1.39 bits per heavy atom. The summed E-state index contributed by atoms with van der Waals surface area (Å²) in [6.45, 7) is 3.25. The maximum atomic E-state index is 12.4. The van der Waals surface area contributed by atoms with Gasteiger partial charge in [-0.15, -0.1) is 0 Å². The predicted molar refractivity (Wildman–Crippen MR) is 89.8 cm³/mol. The fraction of sp³-hybridized carbons (Fsp3) is 0.444. The van der Waals surface area contributed by atoms with E-state index in [-0.39, 0.29) is 17.9 Å². The molecule has 2 amide bonds. The predicted octanol–water partition coefficient (Wildman–Crippen LogP) is 2.58. The number of unbranched alkanes of at least 4 members (excludes halogenated alkanes) is 1. The van der Waals surface area contributed by atoms with Gasteiger partial charge in [0, 0.05) is 36.6 Å². The number of nitrogens with zero attached hydrogens (tertiary/aromatic N) is 1. The van der Waals surface area contributed by atoms with Gasteiger partial charge < -0.3 is 15.2 Å². The molecule has 2 N–H and O–H groups in total. The number of hydrogen-bond acceptors (Lipinski definition) is 2. The minimum atomic E-state index is -0.340. The number of likely N-dealkylation sites (tertiary alicyclic amines) is 1. The van der Waals surface area contributed by atoms with Gasteiger partial charge in [-0.3, -0.25) is 9.59 Å². The van der Waals surface area contributed by atoms with Crippen molar-refractivity contribution in [1.29, 1.82) is 0 Å². The maximum Gasteiger partial charge on any atom is 0.242 e. The van der Waals surface area contributed by atoms with Gasteiger partial charge in [0.2, 0.25) is 11.8 Å². The fourth-order valence-corrected chi connectivity index (χ4v) is 3.16. The number of carbonyl (C=O) groups is 2. The second-order valence-electron chi connectivity index (χ2n) is 6.08. The van der Waals surface area contributed by atoms with E-state index in [1.807, 2.05) is 30.5 Å². The number of H-pyrrole nitrogens is 1. The topological polar surface area (TPSA) is 65.2 Å². The van der Waals surface area contributed by atoms with Crippen molar-refractivity contribution in [2.75, 3.05) is 6.54 Å². The van der Waals surface area contributed by atoms with Crippen LogP contribution in [0.3, 0.4) is 0 Å². The molecule has 1 aliphatic heterocycles. The standard InChI is InChI=1S/C18H23N3O2/c1-2-3-10-19-18(23)16-8-9-17(22)21(16)12-13-11-20-15-7-5-4-6-14(13)15/h4-7,11,16,20H,2-3,8-10,12H2,1H3,(H,19,23)/t16-/m0/s1. The Bertz CT molecular complexity index is 707. The van der Waals surface area contributed by atoms with E-state index in [0.717, 1.165) is 29.3 Å². The van der Waals surface area contributed by atoms with Gasteiger partial charge in [0.1, 0.15) is 6.04 Å². The lowest BCUT2D eigenvalue weighted by molar-refractivity contribution is -0.135. The van der Waals surface area contributed by atoms with E-state index in [4.69, 9.17) is 0 Å². The van der Waals surface area contributed by atoms with Crippen LogP contribution in [-0.2, 0) is 16.1 Å². The molecule has 1 fully saturated rings. The van der Waals surface area contributed by atoms with Crippen LogP contribution in [0.5, 0.6) is 0 Å². The SMILES string of the molecule is CCCCNC(=O)[C@@H]1CCC(=O)N1Cc1c[nH]c2ccccc12. The van der Waals surface area contributed by atoms with Gasteiger partial charge in [0.05, 0.1) is 0 Å². The maximum absolute atomic E-state index is 12.4. The number of aromatic amines is 1. The lowest BCUT2D eigenvalue weighted by Gasteiger charge is -2.24. The van der Waals surface area contributed by atoms with Crippen molar-refractivity contribution < 1.29 is 9.59 Å². The Morgan fingerprint density at radius 3 is 3.04 bits per heavy atom. The molecule has 1 aromatic carbocycles. The zero-order valence-corrected chi connectivity index (χ0v) is 13.5. The molecule has 0 saturated carbocycles. The van der Waals surface area contributed by atoms with E-state index < -0.39 is 0 Å². The number of rotatable bonds is 6. The van der Waals surface area contributed by atoms with Crippen LogP contribution in [0, 0.1) is 0 Å². The van der Waals surface area contributed by atoms with Crippen molar-refractivity contribution >= 4 is 22.7 Å². The molecule has 0 radical (unpaired) electrons. The monoisotopic (exact) mass is 313 g/mol. The number of para-hydroxylation sites is 1. The average molecular weight is 313 g/mol. The summed E-state index contributed by atoms with van der Waals surface area (Å²) in [5.41, 5.74) is 2.11. The van der Waals surface area contributed by atoms with Crippen LogP contribution >= 0.6 is 0 Å². The number of carbonyl (C=O) groups excluding carboxylic acids is 2. The smallest absolute Gasteiger partial charge is 0.242 e. The summed E-state index contributed by atoms with van der Waals surface area (Å²) in [5, 5.41) is 4.06. The van der Waals surface area contributed by atoms with Gasteiger partial charge in [-0.05, 0) is 24.5 Å². The third-order valence-electron chi connectivity index (χ3n) is 4.48. The van der Waals surface area contributed by atoms with Crippen LogP contribution in [-0.4, -0.2) is 34.3 Å². The first-order chi connectivity index (χ1) is 11.2. The van der Waals surface area contributed by atoms with E-state index in [1.54, 1.807) is 4.90 Å². The zero-order valence-electron chi connectivity index (χ0n) is 13.5. The van der Waals surface area contributed by atoms with E-state index in [2.05, 4.69) is 17.2 Å². The Hall–Kier alpha value is -2.30. The molecule has 1 aromatic heterocycles. The molecule has 5 heteroatoms. The van der Waals surface area contributed by atoms with Crippen molar-refractivity contribution in [1.82, 2.24) is 15.2 Å². The number of fused-ring (bicyclic) bond motifs is 1. The van der Waals surface area contributed by atoms with Crippen molar-refractivity contribution in [3.63, 3.8) is 0 Å². The first-order valence-electron chi connectivity index (χ1n) is 8.33. The molecule has 1 aliphatic rings. The lowest BCUT2D eigenvalue weighted by atomic mass is 10.1. The molecule has 1 atom stereocenters. The van der Waals surface area contributed by atoms with Gasteiger partial charge in [-0.2, -0.15) is 0 Å². The molecule has 122 valence electrons. The normalized spacial score (nSPS) is 17.9. The lowest BCUT2D eigenvalue weighted by Crippen LogP contribution is -2.44. The van der Waals surface area contributed by atoms with Crippen LogP contribution in [0.15, 0.2) is 30.5 Å². The van der Waals surface area contributed by atoms with Crippen molar-refractivity contribution in [3.05, 3.63) is 36.0 Å². The molecule has 3 rings (SSSR count). The summed E-state index contributed by atoms with van der Waals surface area (Å²) in [6, 6.07) is 7.68. The molecule has 0 aliphatic carbocycles. The Balaban J connectivity index is 1.74. The average Bonchev–Trinajstić information content (AvgIpc) is 3.13. The highest BCUT2D eigenvalue weighted by molar-refractivity contribution is 5.91. The third-order valence-corrected chi connectivity index (χ3v) is 4.48. The van der Waals surface area contributed by atoms with Crippen LogP contribution in [0.2, 0.25) is 0 Å². The minimum Gasteiger partial charge on any atom is -0.361 e. The Morgan fingerprint density at radius 2 is 2.22 bits per heavy atom. The highest BCUT2D eigenvalue weighted by Crippen LogP contribution is 2.25. The molecular formula is C18H23N3O2. The van der Waals surface area contributed by atoms with Gasteiger partial charge >= 0.3 is 0 Å².